The van der Waals surface area contributed by atoms with Crippen molar-refractivity contribution in [2.45, 2.75) is 6.92 Å². The van der Waals surface area contributed by atoms with Crippen LogP contribution in [0.2, 0.25) is 0 Å². The summed E-state index contributed by atoms with van der Waals surface area (Å²) in [5.74, 6) is 1.39. The highest BCUT2D eigenvalue weighted by Gasteiger charge is 2.20. The molecule has 0 aliphatic rings. The maximum atomic E-state index is 11.7. The molecule has 0 atom stereocenters. The number of amides is 1. The second kappa shape index (κ2) is 4.98. The highest BCUT2D eigenvalue weighted by molar-refractivity contribution is 5.95. The Bertz CT molecular complexity index is 1030. The average Bonchev–Trinajstić information content (AvgIpc) is 3.05. The number of nitrogens with one attached hydrogen (secondary N) is 1. The summed E-state index contributed by atoms with van der Waals surface area (Å²) in [7, 11) is 1.98. The number of carbonyl (C=O) groups is 1. The molecule has 2 aromatic carbocycles. The van der Waals surface area contributed by atoms with Gasteiger partial charge in [-0.2, -0.15) is 0 Å². The summed E-state index contributed by atoms with van der Waals surface area (Å²) in [5, 5.41) is 2.95. The number of hydrogen-bond donors (Lipinski definition) is 1. The van der Waals surface area contributed by atoms with E-state index in [2.05, 4.69) is 5.32 Å². The van der Waals surface area contributed by atoms with E-state index in [1.807, 2.05) is 70.6 Å². The number of hydrogen-bond acceptors (Lipinski definition) is 2. The number of para-hydroxylation sites is 2. The summed E-state index contributed by atoms with van der Waals surface area (Å²) in [6.45, 7) is 1.51. The quantitative estimate of drug-likeness (QED) is 0.616. The molecule has 0 spiro atoms. The Labute approximate surface area is 133 Å². The van der Waals surface area contributed by atoms with Crippen LogP contribution in [0.5, 0.6) is 0 Å². The number of imidazole rings is 2. The summed E-state index contributed by atoms with van der Waals surface area (Å²) in [6.07, 6.45) is 0. The lowest BCUT2D eigenvalue weighted by Gasteiger charge is -2.05. The topological polar surface area (TPSA) is 51.3 Å². The first-order chi connectivity index (χ1) is 11.2. The van der Waals surface area contributed by atoms with Crippen molar-refractivity contribution in [1.82, 2.24) is 14.0 Å². The van der Waals surface area contributed by atoms with Crippen LogP contribution in [0.1, 0.15) is 6.92 Å². The van der Waals surface area contributed by atoms with Crippen molar-refractivity contribution in [3.05, 3.63) is 54.6 Å². The molecule has 2 aromatic heterocycles. The smallest absolute Gasteiger partial charge is 0.222 e. The standard InChI is InChI=1S/C18H16N4O/c1-12(23)19-17-16(13-8-4-3-5-9-13)20-18-21(2)14-10-6-7-11-15(14)22(17)18/h3-11H,1-2H3,(H,19,23). The molecule has 0 saturated carbocycles. The highest BCUT2D eigenvalue weighted by atomic mass is 16.1. The molecule has 1 N–H and O–H groups in total. The molecule has 0 aliphatic heterocycles. The third kappa shape index (κ3) is 2.01. The van der Waals surface area contributed by atoms with Crippen LogP contribution in [-0.2, 0) is 11.8 Å². The van der Waals surface area contributed by atoms with Gasteiger partial charge in [0.05, 0.1) is 11.0 Å². The van der Waals surface area contributed by atoms with Gasteiger partial charge in [-0.25, -0.2) is 4.98 Å². The molecule has 5 nitrogen and oxygen atoms in total. The Balaban J connectivity index is 2.12. The monoisotopic (exact) mass is 304 g/mol. The van der Waals surface area contributed by atoms with Crippen LogP contribution < -0.4 is 5.32 Å². The zero-order chi connectivity index (χ0) is 16.0. The van der Waals surface area contributed by atoms with Crippen molar-refractivity contribution in [1.29, 1.82) is 0 Å². The summed E-state index contributed by atoms with van der Waals surface area (Å²) in [6, 6.07) is 18.0. The minimum atomic E-state index is -0.114. The van der Waals surface area contributed by atoms with E-state index in [4.69, 9.17) is 4.98 Å². The van der Waals surface area contributed by atoms with Crippen LogP contribution in [0, 0.1) is 0 Å². The van der Waals surface area contributed by atoms with E-state index in [1.165, 1.54) is 6.92 Å². The van der Waals surface area contributed by atoms with Gasteiger partial charge < -0.3 is 9.88 Å². The normalized spacial score (nSPS) is 11.2. The lowest BCUT2D eigenvalue weighted by atomic mass is 10.1. The second-order valence-corrected chi connectivity index (χ2v) is 5.54. The molecule has 0 saturated heterocycles. The number of nitrogens with zero attached hydrogens (tertiary/aromatic N) is 3. The summed E-state index contributed by atoms with van der Waals surface area (Å²) < 4.78 is 4.03. The van der Waals surface area contributed by atoms with Gasteiger partial charge in [0.1, 0.15) is 11.5 Å². The van der Waals surface area contributed by atoms with Crippen molar-refractivity contribution in [2.75, 3.05) is 5.32 Å². The first kappa shape index (κ1) is 13.6. The Morgan fingerprint density at radius 2 is 1.65 bits per heavy atom. The minimum Gasteiger partial charge on any atom is -0.313 e. The predicted octanol–water partition coefficient (Wildman–Crippen LogP) is 3.45. The lowest BCUT2D eigenvalue weighted by Crippen LogP contribution is -2.08. The van der Waals surface area contributed by atoms with Gasteiger partial charge in [-0.1, -0.05) is 42.5 Å². The number of rotatable bonds is 2. The highest BCUT2D eigenvalue weighted by Crippen LogP contribution is 2.32. The van der Waals surface area contributed by atoms with E-state index in [0.717, 1.165) is 28.1 Å². The van der Waals surface area contributed by atoms with Crippen LogP contribution in [0.4, 0.5) is 5.82 Å². The zero-order valence-corrected chi connectivity index (χ0v) is 12.9. The first-order valence-corrected chi connectivity index (χ1v) is 7.45. The first-order valence-electron chi connectivity index (χ1n) is 7.45. The fourth-order valence-corrected chi connectivity index (χ4v) is 2.99. The van der Waals surface area contributed by atoms with Gasteiger partial charge in [0, 0.05) is 19.5 Å². The van der Waals surface area contributed by atoms with E-state index in [0.29, 0.717) is 5.82 Å². The molecule has 0 unspecified atom stereocenters. The maximum Gasteiger partial charge on any atom is 0.222 e. The predicted molar refractivity (Wildman–Crippen MR) is 91.4 cm³/mol. The van der Waals surface area contributed by atoms with Gasteiger partial charge >= 0.3 is 0 Å². The van der Waals surface area contributed by atoms with E-state index < -0.39 is 0 Å². The van der Waals surface area contributed by atoms with E-state index in [-0.39, 0.29) is 5.91 Å². The molecule has 0 bridgehead atoms. The molecule has 4 rings (SSSR count). The summed E-state index contributed by atoms with van der Waals surface area (Å²) in [5.41, 5.74) is 3.84. The van der Waals surface area contributed by atoms with Crippen LogP contribution in [0.25, 0.3) is 28.1 Å². The van der Waals surface area contributed by atoms with E-state index in [9.17, 15) is 4.79 Å². The van der Waals surface area contributed by atoms with Crippen LogP contribution in [0.15, 0.2) is 54.6 Å². The Hall–Kier alpha value is -3.08. The molecule has 0 radical (unpaired) electrons. The average molecular weight is 304 g/mol. The zero-order valence-electron chi connectivity index (χ0n) is 12.9. The van der Waals surface area contributed by atoms with Gasteiger partial charge in [0.25, 0.3) is 0 Å². The van der Waals surface area contributed by atoms with Crippen molar-refractivity contribution >= 4 is 28.5 Å². The SMILES string of the molecule is CC(=O)Nc1c(-c2ccccc2)nc2n(C)c3ccccc3n12. The molecule has 0 aliphatic carbocycles. The van der Waals surface area contributed by atoms with Crippen molar-refractivity contribution in [3.8, 4) is 11.3 Å². The third-order valence-corrected chi connectivity index (χ3v) is 3.99. The number of aryl methyl sites for hydroxylation is 1. The Morgan fingerprint density at radius 1 is 1.00 bits per heavy atom. The largest absolute Gasteiger partial charge is 0.313 e. The van der Waals surface area contributed by atoms with Gasteiger partial charge in [-0.15, -0.1) is 0 Å². The fraction of sp³-hybridized carbons (Fsp3) is 0.111. The lowest BCUT2D eigenvalue weighted by molar-refractivity contribution is -0.114. The van der Waals surface area contributed by atoms with Crippen molar-refractivity contribution in [2.24, 2.45) is 7.05 Å². The van der Waals surface area contributed by atoms with E-state index >= 15 is 0 Å². The van der Waals surface area contributed by atoms with Crippen LogP contribution >= 0.6 is 0 Å². The fourth-order valence-electron chi connectivity index (χ4n) is 2.99. The summed E-state index contributed by atoms with van der Waals surface area (Å²) >= 11 is 0. The second-order valence-electron chi connectivity index (χ2n) is 5.54. The molecule has 23 heavy (non-hydrogen) atoms. The summed E-state index contributed by atoms with van der Waals surface area (Å²) in [4.78, 5) is 16.5. The van der Waals surface area contributed by atoms with Gasteiger partial charge in [-0.3, -0.25) is 9.20 Å². The Kier molecular flexibility index (Phi) is 2.94. The number of benzene rings is 2. The minimum absolute atomic E-state index is 0.114. The number of carbonyl (C=O) groups excluding carboxylic acids is 1. The molecule has 2 heterocycles. The van der Waals surface area contributed by atoms with Crippen LogP contribution in [-0.4, -0.2) is 19.9 Å². The maximum absolute atomic E-state index is 11.7. The van der Waals surface area contributed by atoms with Crippen molar-refractivity contribution < 1.29 is 4.79 Å². The number of anilines is 1. The van der Waals surface area contributed by atoms with Gasteiger partial charge in [0.15, 0.2) is 0 Å². The molecule has 1 amide bonds. The molecular formula is C18H16N4O. The third-order valence-electron chi connectivity index (χ3n) is 3.99. The van der Waals surface area contributed by atoms with E-state index in [1.54, 1.807) is 0 Å². The molecule has 0 fully saturated rings. The van der Waals surface area contributed by atoms with Crippen LogP contribution in [0.3, 0.4) is 0 Å². The Morgan fingerprint density at radius 3 is 2.35 bits per heavy atom. The van der Waals surface area contributed by atoms with Gasteiger partial charge in [0.2, 0.25) is 11.7 Å². The molecular weight excluding hydrogens is 288 g/mol. The van der Waals surface area contributed by atoms with Crippen molar-refractivity contribution in [3.63, 3.8) is 0 Å². The number of fused-ring (bicyclic) bond motifs is 3. The molecule has 4 aromatic rings. The molecule has 5 heteroatoms. The number of aromatic nitrogens is 3. The van der Waals surface area contributed by atoms with Gasteiger partial charge in [-0.05, 0) is 12.1 Å². The molecule has 114 valence electrons.